The first-order valence-electron chi connectivity index (χ1n) is 4.97. The van der Waals surface area contributed by atoms with Crippen LogP contribution in [0.5, 0.6) is 0 Å². The molecular formula is C10H12N4O2. The Balaban J connectivity index is 2.12. The van der Waals surface area contributed by atoms with E-state index < -0.39 is 0 Å². The minimum atomic E-state index is 0.0503. The monoisotopic (exact) mass is 220 g/mol. The summed E-state index contributed by atoms with van der Waals surface area (Å²) in [5.41, 5.74) is 0.434. The highest BCUT2D eigenvalue weighted by Gasteiger charge is 2.22. The van der Waals surface area contributed by atoms with Gasteiger partial charge in [-0.3, -0.25) is 9.59 Å². The van der Waals surface area contributed by atoms with Gasteiger partial charge in [-0.1, -0.05) is 0 Å². The van der Waals surface area contributed by atoms with E-state index in [2.05, 4.69) is 9.97 Å². The third-order valence-electron chi connectivity index (χ3n) is 2.53. The average molecular weight is 220 g/mol. The second-order valence-electron chi connectivity index (χ2n) is 3.67. The average Bonchev–Trinajstić information content (AvgIpc) is 2.33. The number of amides is 1. The highest BCUT2D eigenvalue weighted by molar-refractivity contribution is 5.82. The lowest BCUT2D eigenvalue weighted by molar-refractivity contribution is -0.129. The fourth-order valence-corrected chi connectivity index (χ4v) is 1.48. The predicted octanol–water partition coefficient (Wildman–Crippen LogP) is -0.433. The number of likely N-dealkylation sites (N-methyl/N-ethyl adjacent to an activating group) is 1. The molecule has 0 bridgehead atoms. The lowest BCUT2D eigenvalue weighted by Gasteiger charge is -2.31. The van der Waals surface area contributed by atoms with Crippen LogP contribution >= 0.6 is 0 Å². The minimum absolute atomic E-state index is 0.0503. The molecule has 0 unspecified atom stereocenters. The summed E-state index contributed by atoms with van der Waals surface area (Å²) in [6.45, 7) is 1.66. The van der Waals surface area contributed by atoms with Gasteiger partial charge < -0.3 is 9.80 Å². The zero-order valence-electron chi connectivity index (χ0n) is 8.96. The van der Waals surface area contributed by atoms with Crippen molar-refractivity contribution in [3.05, 3.63) is 18.0 Å². The van der Waals surface area contributed by atoms with Gasteiger partial charge in [-0.15, -0.1) is 0 Å². The van der Waals surface area contributed by atoms with Crippen LogP contribution in [0, 0.1) is 0 Å². The Bertz CT molecular complexity index is 404. The summed E-state index contributed by atoms with van der Waals surface area (Å²) >= 11 is 0. The van der Waals surface area contributed by atoms with Crippen LogP contribution in [0.3, 0.4) is 0 Å². The molecule has 84 valence electrons. The van der Waals surface area contributed by atoms with Gasteiger partial charge in [0, 0.05) is 32.5 Å². The zero-order valence-corrected chi connectivity index (χ0v) is 8.96. The van der Waals surface area contributed by atoms with Crippen LogP contribution in [0.25, 0.3) is 0 Å². The predicted molar refractivity (Wildman–Crippen MR) is 57.3 cm³/mol. The summed E-state index contributed by atoms with van der Waals surface area (Å²) in [7, 11) is 1.77. The van der Waals surface area contributed by atoms with E-state index in [9.17, 15) is 9.59 Å². The maximum atomic E-state index is 11.5. The van der Waals surface area contributed by atoms with E-state index in [1.807, 2.05) is 0 Å². The number of aromatic nitrogens is 2. The number of carbonyl (C=O) groups is 2. The molecule has 0 atom stereocenters. The number of rotatable bonds is 2. The van der Waals surface area contributed by atoms with Crippen LogP contribution in [0.2, 0.25) is 0 Å². The van der Waals surface area contributed by atoms with Gasteiger partial charge in [0.25, 0.3) is 0 Å². The maximum Gasteiger partial charge on any atom is 0.242 e. The van der Waals surface area contributed by atoms with E-state index >= 15 is 0 Å². The molecule has 1 aromatic rings. The van der Waals surface area contributed by atoms with Gasteiger partial charge in [-0.2, -0.15) is 0 Å². The van der Waals surface area contributed by atoms with Gasteiger partial charge in [0.2, 0.25) is 11.9 Å². The Hall–Kier alpha value is -1.98. The Labute approximate surface area is 92.9 Å². The molecule has 0 N–H and O–H groups in total. The molecule has 0 radical (unpaired) electrons. The fraction of sp³-hybridized carbons (Fsp3) is 0.400. The van der Waals surface area contributed by atoms with Crippen molar-refractivity contribution in [1.29, 1.82) is 0 Å². The summed E-state index contributed by atoms with van der Waals surface area (Å²) in [5.74, 6) is 0.543. The summed E-state index contributed by atoms with van der Waals surface area (Å²) < 4.78 is 0. The van der Waals surface area contributed by atoms with Crippen molar-refractivity contribution < 1.29 is 9.59 Å². The summed E-state index contributed by atoms with van der Waals surface area (Å²) in [6, 6.07) is 0. The van der Waals surface area contributed by atoms with E-state index in [1.54, 1.807) is 16.8 Å². The highest BCUT2D eigenvalue weighted by Crippen LogP contribution is 2.10. The van der Waals surface area contributed by atoms with Crippen LogP contribution in [0.4, 0.5) is 5.95 Å². The molecule has 2 rings (SSSR count). The van der Waals surface area contributed by atoms with E-state index in [0.29, 0.717) is 30.9 Å². The van der Waals surface area contributed by atoms with Crippen molar-refractivity contribution in [2.45, 2.75) is 0 Å². The van der Waals surface area contributed by atoms with Gasteiger partial charge in [0.1, 0.15) is 0 Å². The molecule has 1 aliphatic heterocycles. The van der Waals surface area contributed by atoms with Crippen molar-refractivity contribution in [2.75, 3.05) is 31.6 Å². The van der Waals surface area contributed by atoms with Crippen molar-refractivity contribution in [3.63, 3.8) is 0 Å². The molecule has 1 aliphatic rings. The highest BCUT2D eigenvalue weighted by atomic mass is 16.2. The standard InChI is InChI=1S/C10H12N4O2/c1-13-2-3-14(6-9(13)16)10-11-4-8(7-15)5-12-10/h4-5,7H,2-3,6H2,1H3. The molecule has 0 saturated carbocycles. The van der Waals surface area contributed by atoms with Gasteiger partial charge in [-0.25, -0.2) is 9.97 Å². The molecule has 1 saturated heterocycles. The number of anilines is 1. The fourth-order valence-electron chi connectivity index (χ4n) is 1.48. The van der Waals surface area contributed by atoms with Crippen LogP contribution in [0.15, 0.2) is 12.4 Å². The quantitative estimate of drug-likeness (QED) is 0.632. The summed E-state index contributed by atoms with van der Waals surface area (Å²) in [6.07, 6.45) is 3.61. The molecule has 1 amide bonds. The first-order chi connectivity index (χ1) is 7.70. The molecule has 0 aromatic carbocycles. The third-order valence-corrected chi connectivity index (χ3v) is 2.53. The smallest absolute Gasteiger partial charge is 0.242 e. The molecule has 6 heteroatoms. The Morgan fingerprint density at radius 3 is 2.56 bits per heavy atom. The molecule has 16 heavy (non-hydrogen) atoms. The summed E-state index contributed by atoms with van der Waals surface area (Å²) in [4.78, 5) is 33.5. The van der Waals surface area contributed by atoms with Crippen molar-refractivity contribution in [2.24, 2.45) is 0 Å². The van der Waals surface area contributed by atoms with Crippen LogP contribution in [-0.4, -0.2) is 53.7 Å². The van der Waals surface area contributed by atoms with E-state index in [1.165, 1.54) is 12.4 Å². The molecule has 1 aromatic heterocycles. The molecular weight excluding hydrogens is 208 g/mol. The largest absolute Gasteiger partial charge is 0.342 e. The SMILES string of the molecule is CN1CCN(c2ncc(C=O)cn2)CC1=O. The first kappa shape index (κ1) is 10.5. The van der Waals surface area contributed by atoms with E-state index in [-0.39, 0.29) is 12.5 Å². The lowest BCUT2D eigenvalue weighted by atomic mass is 10.3. The Morgan fingerprint density at radius 1 is 1.31 bits per heavy atom. The van der Waals surface area contributed by atoms with Crippen LogP contribution in [-0.2, 0) is 4.79 Å². The molecule has 2 heterocycles. The number of carbonyl (C=O) groups excluding carboxylic acids is 2. The van der Waals surface area contributed by atoms with Gasteiger partial charge in [-0.05, 0) is 0 Å². The van der Waals surface area contributed by atoms with Crippen molar-refractivity contribution in [3.8, 4) is 0 Å². The summed E-state index contributed by atoms with van der Waals surface area (Å²) in [5, 5.41) is 0. The second-order valence-corrected chi connectivity index (χ2v) is 3.67. The molecule has 1 fully saturated rings. The van der Waals surface area contributed by atoms with Gasteiger partial charge in [0.05, 0.1) is 12.1 Å². The first-order valence-corrected chi connectivity index (χ1v) is 4.97. The topological polar surface area (TPSA) is 66.4 Å². The van der Waals surface area contributed by atoms with E-state index in [4.69, 9.17) is 0 Å². The molecule has 6 nitrogen and oxygen atoms in total. The van der Waals surface area contributed by atoms with Crippen LogP contribution in [0.1, 0.15) is 10.4 Å². The number of hydrogen-bond donors (Lipinski definition) is 0. The number of aldehydes is 1. The maximum absolute atomic E-state index is 11.5. The number of piperazine rings is 1. The van der Waals surface area contributed by atoms with Crippen molar-refractivity contribution >= 4 is 18.1 Å². The van der Waals surface area contributed by atoms with E-state index in [0.717, 1.165) is 0 Å². The molecule has 0 spiro atoms. The zero-order chi connectivity index (χ0) is 11.5. The van der Waals surface area contributed by atoms with Gasteiger partial charge in [0.15, 0.2) is 6.29 Å². The number of hydrogen-bond acceptors (Lipinski definition) is 5. The van der Waals surface area contributed by atoms with Gasteiger partial charge >= 0.3 is 0 Å². The normalized spacial score (nSPS) is 16.4. The molecule has 0 aliphatic carbocycles. The van der Waals surface area contributed by atoms with Crippen molar-refractivity contribution in [1.82, 2.24) is 14.9 Å². The minimum Gasteiger partial charge on any atom is -0.342 e. The Kier molecular flexibility index (Phi) is 2.80. The number of nitrogens with zero attached hydrogens (tertiary/aromatic N) is 4. The lowest BCUT2D eigenvalue weighted by Crippen LogP contribution is -2.49. The second kappa shape index (κ2) is 4.26. The van der Waals surface area contributed by atoms with Crippen LogP contribution < -0.4 is 4.90 Å². The third kappa shape index (κ3) is 2.00. The Morgan fingerprint density at radius 2 is 2.00 bits per heavy atom.